The van der Waals surface area contributed by atoms with Crippen molar-refractivity contribution in [3.05, 3.63) is 93.0 Å². The van der Waals surface area contributed by atoms with Crippen molar-refractivity contribution in [3.63, 3.8) is 0 Å². The minimum absolute atomic E-state index is 0.00659. The number of halogens is 2. The van der Waals surface area contributed by atoms with Gasteiger partial charge in [-0.15, -0.1) is 0 Å². The number of carbonyl (C=O) groups is 5. The third kappa shape index (κ3) is 4.80. The molecule has 1 aliphatic heterocycles. The lowest BCUT2D eigenvalue weighted by molar-refractivity contribution is -0.131. The molecular weight excluding hydrogens is 497 g/mol. The number of ether oxygens (including phenoxy) is 2. The van der Waals surface area contributed by atoms with Crippen LogP contribution in [0.2, 0.25) is 10.0 Å². The molecule has 0 atom stereocenters. The molecule has 0 radical (unpaired) electrons. The van der Waals surface area contributed by atoms with Crippen LogP contribution in [0.5, 0.6) is 5.75 Å². The number of esters is 2. The molecule has 0 spiro atoms. The van der Waals surface area contributed by atoms with Gasteiger partial charge in [0, 0.05) is 12.5 Å². The fourth-order valence-corrected chi connectivity index (χ4v) is 3.80. The molecule has 1 heterocycles. The average molecular weight is 512 g/mol. The lowest BCUT2D eigenvalue weighted by Crippen LogP contribution is -2.29. The number of imide groups is 1. The number of benzene rings is 3. The third-order valence-corrected chi connectivity index (χ3v) is 5.88. The molecule has 3 aromatic carbocycles. The van der Waals surface area contributed by atoms with E-state index in [1.54, 1.807) is 6.07 Å². The van der Waals surface area contributed by atoms with E-state index in [0.29, 0.717) is 0 Å². The van der Waals surface area contributed by atoms with Gasteiger partial charge in [-0.2, -0.15) is 0 Å². The molecule has 0 unspecified atom stereocenters. The predicted molar refractivity (Wildman–Crippen MR) is 126 cm³/mol. The predicted octanol–water partition coefficient (Wildman–Crippen LogP) is 4.76. The van der Waals surface area contributed by atoms with Crippen LogP contribution in [-0.4, -0.2) is 36.1 Å². The number of carbonyl (C=O) groups excluding carboxylic acids is 5. The molecule has 176 valence electrons. The topological polar surface area (TPSA) is 107 Å². The standard InChI is InChI=1S/C25H15Cl2NO7/c1-13(29)35-16-8-5-14(6-9-16)21(30)12-34-25(33)15-7-10-17-18(11-15)24(32)28(23(17)31)20-4-2-3-19(26)22(20)27/h2-11H,12H2,1H3. The lowest BCUT2D eigenvalue weighted by Gasteiger charge is -2.15. The van der Waals surface area contributed by atoms with E-state index in [1.807, 2.05) is 0 Å². The Kier molecular flexibility index (Phi) is 6.68. The van der Waals surface area contributed by atoms with Crippen molar-refractivity contribution in [2.75, 3.05) is 11.5 Å². The summed E-state index contributed by atoms with van der Waals surface area (Å²) in [4.78, 5) is 62.5. The molecule has 10 heteroatoms. The van der Waals surface area contributed by atoms with Crippen molar-refractivity contribution in [3.8, 4) is 5.75 Å². The molecule has 35 heavy (non-hydrogen) atoms. The van der Waals surface area contributed by atoms with Gasteiger partial charge in [0.2, 0.25) is 0 Å². The second kappa shape index (κ2) is 9.69. The summed E-state index contributed by atoms with van der Waals surface area (Å²) in [6.45, 7) is 0.699. The van der Waals surface area contributed by atoms with Gasteiger partial charge in [-0.05, 0) is 54.6 Å². The molecule has 2 amide bonds. The Morgan fingerprint density at radius 1 is 0.857 bits per heavy atom. The molecule has 8 nitrogen and oxygen atoms in total. The van der Waals surface area contributed by atoms with Gasteiger partial charge in [-0.1, -0.05) is 29.3 Å². The number of anilines is 1. The molecule has 4 rings (SSSR count). The van der Waals surface area contributed by atoms with Crippen LogP contribution in [0.15, 0.2) is 60.7 Å². The molecule has 0 saturated heterocycles. The first-order chi connectivity index (χ1) is 16.7. The van der Waals surface area contributed by atoms with Crippen LogP contribution < -0.4 is 9.64 Å². The number of rotatable bonds is 6. The van der Waals surface area contributed by atoms with Crippen LogP contribution in [0.4, 0.5) is 5.69 Å². The molecule has 0 N–H and O–H groups in total. The molecule has 0 aromatic heterocycles. The Balaban J connectivity index is 1.47. The summed E-state index contributed by atoms with van der Waals surface area (Å²) in [6.07, 6.45) is 0. The first kappa shape index (κ1) is 24.1. The fourth-order valence-electron chi connectivity index (χ4n) is 3.42. The molecular formula is C25H15Cl2NO7. The number of fused-ring (bicyclic) bond motifs is 1. The monoisotopic (exact) mass is 511 g/mol. The summed E-state index contributed by atoms with van der Waals surface area (Å²) in [5.41, 5.74) is 0.443. The lowest BCUT2D eigenvalue weighted by atomic mass is 10.1. The smallest absolute Gasteiger partial charge is 0.338 e. The highest BCUT2D eigenvalue weighted by Gasteiger charge is 2.38. The fraction of sp³-hybridized carbons (Fsp3) is 0.0800. The minimum atomic E-state index is -0.850. The Labute approximate surface area is 208 Å². The van der Waals surface area contributed by atoms with E-state index in [1.165, 1.54) is 61.5 Å². The van der Waals surface area contributed by atoms with E-state index in [2.05, 4.69) is 0 Å². The zero-order valence-corrected chi connectivity index (χ0v) is 19.6. The van der Waals surface area contributed by atoms with Crippen molar-refractivity contribution >= 4 is 58.4 Å². The third-order valence-electron chi connectivity index (χ3n) is 5.07. The maximum absolute atomic E-state index is 13.0. The van der Waals surface area contributed by atoms with Crippen molar-refractivity contribution < 1.29 is 33.4 Å². The van der Waals surface area contributed by atoms with Gasteiger partial charge < -0.3 is 9.47 Å². The summed E-state index contributed by atoms with van der Waals surface area (Å²) in [7, 11) is 0. The van der Waals surface area contributed by atoms with E-state index in [9.17, 15) is 24.0 Å². The highest BCUT2D eigenvalue weighted by Crippen LogP contribution is 2.37. The number of ketones is 1. The molecule has 3 aromatic rings. The number of nitrogens with zero attached hydrogens (tertiary/aromatic N) is 1. The number of hydrogen-bond acceptors (Lipinski definition) is 7. The van der Waals surface area contributed by atoms with Gasteiger partial charge in [0.25, 0.3) is 11.8 Å². The number of amides is 2. The van der Waals surface area contributed by atoms with Crippen molar-refractivity contribution in [1.82, 2.24) is 0 Å². The van der Waals surface area contributed by atoms with Gasteiger partial charge in [-0.25, -0.2) is 9.69 Å². The van der Waals surface area contributed by atoms with E-state index >= 15 is 0 Å². The number of hydrogen-bond donors (Lipinski definition) is 0. The first-order valence-electron chi connectivity index (χ1n) is 10.1. The zero-order chi connectivity index (χ0) is 25.3. The summed E-state index contributed by atoms with van der Waals surface area (Å²) in [5.74, 6) is -2.84. The van der Waals surface area contributed by atoms with Gasteiger partial charge in [0.1, 0.15) is 5.75 Å². The van der Waals surface area contributed by atoms with Gasteiger partial charge >= 0.3 is 11.9 Å². The van der Waals surface area contributed by atoms with Crippen LogP contribution in [0, 0.1) is 0 Å². The average Bonchev–Trinajstić information content (AvgIpc) is 3.08. The van der Waals surface area contributed by atoms with Gasteiger partial charge in [0.05, 0.1) is 32.4 Å². The van der Waals surface area contributed by atoms with Gasteiger partial charge in [-0.3, -0.25) is 19.2 Å². The highest BCUT2D eigenvalue weighted by molar-refractivity contribution is 6.46. The summed E-state index contributed by atoms with van der Waals surface area (Å²) in [6, 6.07) is 14.2. The maximum Gasteiger partial charge on any atom is 0.338 e. The molecule has 1 aliphatic rings. The van der Waals surface area contributed by atoms with Crippen LogP contribution in [0.25, 0.3) is 0 Å². The molecule has 0 bridgehead atoms. The second-order valence-corrected chi connectivity index (χ2v) is 8.18. The van der Waals surface area contributed by atoms with Crippen LogP contribution in [-0.2, 0) is 9.53 Å². The van der Waals surface area contributed by atoms with Crippen molar-refractivity contribution in [1.29, 1.82) is 0 Å². The molecule has 0 saturated carbocycles. The SMILES string of the molecule is CC(=O)Oc1ccc(C(=O)COC(=O)c2ccc3c(c2)C(=O)N(c2cccc(Cl)c2Cl)C3=O)cc1. The van der Waals surface area contributed by atoms with E-state index < -0.39 is 36.1 Å². The Bertz CT molecular complexity index is 1400. The van der Waals surface area contributed by atoms with E-state index in [4.69, 9.17) is 32.7 Å². The van der Waals surface area contributed by atoms with E-state index in [-0.39, 0.29) is 43.7 Å². The zero-order valence-electron chi connectivity index (χ0n) is 18.0. The second-order valence-electron chi connectivity index (χ2n) is 7.40. The summed E-state index contributed by atoms with van der Waals surface area (Å²) in [5, 5.41) is 0.221. The van der Waals surface area contributed by atoms with E-state index in [0.717, 1.165) is 4.90 Å². The minimum Gasteiger partial charge on any atom is -0.454 e. The van der Waals surface area contributed by atoms with Crippen molar-refractivity contribution in [2.45, 2.75) is 6.92 Å². The molecule has 0 aliphatic carbocycles. The van der Waals surface area contributed by atoms with Crippen LogP contribution in [0.3, 0.4) is 0 Å². The quantitative estimate of drug-likeness (QED) is 0.203. The first-order valence-corrected chi connectivity index (χ1v) is 10.9. The normalized spacial score (nSPS) is 12.4. The summed E-state index contributed by atoms with van der Waals surface area (Å²) >= 11 is 12.2. The largest absolute Gasteiger partial charge is 0.454 e. The Morgan fingerprint density at radius 3 is 2.20 bits per heavy atom. The molecule has 0 fully saturated rings. The van der Waals surface area contributed by atoms with Crippen molar-refractivity contribution in [2.24, 2.45) is 0 Å². The van der Waals surface area contributed by atoms with Gasteiger partial charge in [0.15, 0.2) is 12.4 Å². The van der Waals surface area contributed by atoms with Crippen LogP contribution >= 0.6 is 23.2 Å². The van der Waals surface area contributed by atoms with Crippen LogP contribution in [0.1, 0.15) is 48.4 Å². The maximum atomic E-state index is 13.0. The number of Topliss-reactive ketones (excluding diaryl/α,β-unsaturated/α-hetero) is 1. The Hall–Kier alpha value is -4.01. The highest BCUT2D eigenvalue weighted by atomic mass is 35.5. The Morgan fingerprint density at radius 2 is 1.51 bits per heavy atom. The summed E-state index contributed by atoms with van der Waals surface area (Å²) < 4.78 is 9.99.